The van der Waals surface area contributed by atoms with E-state index >= 15 is 0 Å². The molecule has 0 unspecified atom stereocenters. The molecular weight excluding hydrogens is 351 g/mol. The van der Waals surface area contributed by atoms with Gasteiger partial charge in [0.05, 0.1) is 11.6 Å². The molecule has 1 heterocycles. The molecule has 0 fully saturated rings. The van der Waals surface area contributed by atoms with Crippen LogP contribution in [0.25, 0.3) is 6.08 Å². The fourth-order valence-electron chi connectivity index (χ4n) is 1.69. The SMILES string of the molecule is CCOC(=O)C=C(C)/C=C/C=C(C)C=Cc1c(Cl)sc(C)c1Cl. The molecule has 2 nitrogen and oxygen atoms in total. The summed E-state index contributed by atoms with van der Waals surface area (Å²) in [5.74, 6) is -0.327. The zero-order valence-corrected chi connectivity index (χ0v) is 16.0. The van der Waals surface area contributed by atoms with Gasteiger partial charge in [0.1, 0.15) is 4.34 Å². The van der Waals surface area contributed by atoms with Gasteiger partial charge < -0.3 is 4.74 Å². The maximum Gasteiger partial charge on any atom is 0.330 e. The van der Waals surface area contributed by atoms with Gasteiger partial charge in [0.15, 0.2) is 0 Å². The highest BCUT2D eigenvalue weighted by atomic mass is 35.5. The van der Waals surface area contributed by atoms with Crippen LogP contribution in [0.15, 0.2) is 41.5 Å². The number of ether oxygens (including phenoxy) is 1. The van der Waals surface area contributed by atoms with Crippen LogP contribution < -0.4 is 0 Å². The molecule has 1 rings (SSSR count). The molecule has 0 N–H and O–H groups in total. The average molecular weight is 371 g/mol. The van der Waals surface area contributed by atoms with Crippen molar-refractivity contribution in [2.75, 3.05) is 6.61 Å². The van der Waals surface area contributed by atoms with Crippen molar-refractivity contribution in [1.82, 2.24) is 0 Å². The monoisotopic (exact) mass is 370 g/mol. The van der Waals surface area contributed by atoms with E-state index in [0.717, 1.165) is 21.6 Å². The Labute approximate surface area is 151 Å². The lowest BCUT2D eigenvalue weighted by molar-refractivity contribution is -0.137. The van der Waals surface area contributed by atoms with Crippen LogP contribution in [-0.2, 0) is 9.53 Å². The first-order chi connectivity index (χ1) is 10.8. The molecular formula is C18H20Cl2O2S. The predicted octanol–water partition coefficient (Wildman–Crippen LogP) is 6.39. The number of rotatable bonds is 6. The van der Waals surface area contributed by atoms with Crippen molar-refractivity contribution in [3.8, 4) is 0 Å². The van der Waals surface area contributed by atoms with Gasteiger partial charge in [-0.15, -0.1) is 11.3 Å². The van der Waals surface area contributed by atoms with Gasteiger partial charge in [0.2, 0.25) is 0 Å². The van der Waals surface area contributed by atoms with Crippen LogP contribution in [0.1, 0.15) is 31.2 Å². The third-order valence-electron chi connectivity index (χ3n) is 2.86. The van der Waals surface area contributed by atoms with Crippen molar-refractivity contribution in [2.45, 2.75) is 27.7 Å². The molecule has 0 aliphatic heterocycles. The molecule has 0 saturated carbocycles. The number of carbonyl (C=O) groups is 1. The molecule has 0 radical (unpaired) electrons. The second-order valence-corrected chi connectivity index (χ2v) is 7.11. The summed E-state index contributed by atoms with van der Waals surface area (Å²) < 4.78 is 5.55. The highest BCUT2D eigenvalue weighted by Gasteiger charge is 2.09. The van der Waals surface area contributed by atoms with Gasteiger partial charge in [-0.2, -0.15) is 0 Å². The summed E-state index contributed by atoms with van der Waals surface area (Å²) in [5.41, 5.74) is 2.73. The van der Waals surface area contributed by atoms with Crippen LogP contribution in [0.5, 0.6) is 0 Å². The second kappa shape index (κ2) is 9.76. The third-order valence-corrected chi connectivity index (χ3v) is 4.81. The smallest absolute Gasteiger partial charge is 0.330 e. The summed E-state index contributed by atoms with van der Waals surface area (Å²) in [6.45, 7) is 7.93. The quantitative estimate of drug-likeness (QED) is 0.329. The Balaban J connectivity index is 2.72. The normalized spacial score (nSPS) is 13.3. The number of hydrogen-bond donors (Lipinski definition) is 0. The number of allylic oxidation sites excluding steroid dienone is 6. The summed E-state index contributed by atoms with van der Waals surface area (Å²) in [4.78, 5) is 12.3. The van der Waals surface area contributed by atoms with Crippen LogP contribution in [0.3, 0.4) is 0 Å². The summed E-state index contributed by atoms with van der Waals surface area (Å²) in [5, 5.41) is 0.702. The van der Waals surface area contributed by atoms with Crippen molar-refractivity contribution < 1.29 is 9.53 Å². The first-order valence-corrected chi connectivity index (χ1v) is 8.74. The summed E-state index contributed by atoms with van der Waals surface area (Å²) in [6.07, 6.45) is 11.0. The molecule has 1 aromatic heterocycles. The Hall–Kier alpha value is -1.29. The molecule has 0 saturated heterocycles. The van der Waals surface area contributed by atoms with E-state index in [1.54, 1.807) is 6.92 Å². The zero-order valence-electron chi connectivity index (χ0n) is 13.7. The molecule has 0 atom stereocenters. The molecule has 0 spiro atoms. The van der Waals surface area contributed by atoms with Gasteiger partial charge in [-0.3, -0.25) is 0 Å². The van der Waals surface area contributed by atoms with Crippen LogP contribution in [-0.4, -0.2) is 12.6 Å². The minimum absolute atomic E-state index is 0.327. The Bertz CT molecular complexity index is 679. The Morgan fingerprint density at radius 3 is 2.48 bits per heavy atom. The first-order valence-electron chi connectivity index (χ1n) is 7.17. The number of hydrogen-bond acceptors (Lipinski definition) is 3. The van der Waals surface area contributed by atoms with E-state index in [9.17, 15) is 4.79 Å². The maximum absolute atomic E-state index is 11.3. The molecule has 0 aromatic carbocycles. The molecule has 0 amide bonds. The molecule has 23 heavy (non-hydrogen) atoms. The van der Waals surface area contributed by atoms with E-state index in [-0.39, 0.29) is 5.97 Å². The summed E-state index contributed by atoms with van der Waals surface area (Å²) in [7, 11) is 0. The van der Waals surface area contributed by atoms with Crippen molar-refractivity contribution in [3.05, 3.63) is 61.3 Å². The summed E-state index contributed by atoms with van der Waals surface area (Å²) >= 11 is 13.8. The maximum atomic E-state index is 11.3. The molecule has 0 aliphatic rings. The fraction of sp³-hybridized carbons (Fsp3) is 0.278. The van der Waals surface area contributed by atoms with Crippen LogP contribution in [0.4, 0.5) is 0 Å². The van der Waals surface area contributed by atoms with Crippen LogP contribution >= 0.6 is 34.5 Å². The van der Waals surface area contributed by atoms with Gasteiger partial charge in [-0.25, -0.2) is 4.79 Å². The second-order valence-electron chi connectivity index (χ2n) is 4.90. The number of thiophene rings is 1. The summed E-state index contributed by atoms with van der Waals surface area (Å²) in [6, 6.07) is 0. The standard InChI is InChI=1S/C18H20Cl2O2S/c1-5-22-16(21)11-13(3)8-6-7-12(2)9-10-15-17(19)14(4)23-18(15)20/h6-11H,5H2,1-4H3/b8-6+,10-9?,12-7?,13-11?. The molecule has 0 bridgehead atoms. The lowest BCUT2D eigenvalue weighted by Crippen LogP contribution is -1.99. The topological polar surface area (TPSA) is 26.3 Å². The number of esters is 1. The molecule has 5 heteroatoms. The van der Waals surface area contributed by atoms with E-state index in [2.05, 4.69) is 0 Å². The average Bonchev–Trinajstić information content (AvgIpc) is 2.70. The van der Waals surface area contributed by atoms with Gasteiger partial charge in [0.25, 0.3) is 0 Å². The Kier molecular flexibility index (Phi) is 8.38. The third kappa shape index (κ3) is 6.78. The first kappa shape index (κ1) is 19.8. The van der Waals surface area contributed by atoms with Crippen molar-refractivity contribution in [3.63, 3.8) is 0 Å². The van der Waals surface area contributed by atoms with Crippen LogP contribution in [0, 0.1) is 6.92 Å². The van der Waals surface area contributed by atoms with Crippen LogP contribution in [0.2, 0.25) is 9.36 Å². The van der Waals surface area contributed by atoms with E-state index in [0.29, 0.717) is 16.0 Å². The Morgan fingerprint density at radius 2 is 1.91 bits per heavy atom. The van der Waals surface area contributed by atoms with Crippen molar-refractivity contribution in [2.24, 2.45) is 0 Å². The van der Waals surface area contributed by atoms with Gasteiger partial charge in [-0.1, -0.05) is 59.2 Å². The lowest BCUT2D eigenvalue weighted by Gasteiger charge is -1.96. The number of carbonyl (C=O) groups excluding carboxylic acids is 1. The van der Waals surface area contributed by atoms with E-state index in [1.807, 2.05) is 51.2 Å². The van der Waals surface area contributed by atoms with Crippen molar-refractivity contribution in [1.29, 1.82) is 0 Å². The van der Waals surface area contributed by atoms with E-state index in [4.69, 9.17) is 27.9 Å². The van der Waals surface area contributed by atoms with Gasteiger partial charge in [-0.05, 0) is 33.3 Å². The minimum atomic E-state index is -0.327. The predicted molar refractivity (Wildman–Crippen MR) is 101 cm³/mol. The Morgan fingerprint density at radius 1 is 1.22 bits per heavy atom. The van der Waals surface area contributed by atoms with E-state index < -0.39 is 0 Å². The number of aryl methyl sites for hydroxylation is 1. The highest BCUT2D eigenvalue weighted by Crippen LogP contribution is 2.36. The molecule has 0 aliphatic carbocycles. The lowest BCUT2D eigenvalue weighted by atomic mass is 10.2. The van der Waals surface area contributed by atoms with E-state index in [1.165, 1.54) is 17.4 Å². The molecule has 124 valence electrons. The highest BCUT2D eigenvalue weighted by molar-refractivity contribution is 7.17. The zero-order chi connectivity index (χ0) is 17.4. The fourth-order valence-corrected chi connectivity index (χ4v) is 3.32. The minimum Gasteiger partial charge on any atom is -0.463 e. The van der Waals surface area contributed by atoms with Gasteiger partial charge >= 0.3 is 5.97 Å². The van der Waals surface area contributed by atoms with Crippen molar-refractivity contribution >= 4 is 46.6 Å². The van der Waals surface area contributed by atoms with Gasteiger partial charge in [0, 0.05) is 16.5 Å². The molecule has 1 aromatic rings. The number of halogens is 2. The largest absolute Gasteiger partial charge is 0.463 e.